The predicted octanol–water partition coefficient (Wildman–Crippen LogP) is 2.65. The van der Waals surface area contributed by atoms with Gasteiger partial charge in [0.1, 0.15) is 11.6 Å². The standard InChI is InChI=1S/C19H22FN3O2/c20-15-5-3-4-14(12-15)13-22-8-10-23(11-9-22)19(24)18-16-6-1-2-7-17(16)25-21-18/h3-5,12H,1-2,6-11,13H2. The highest BCUT2D eigenvalue weighted by molar-refractivity contribution is 5.94. The van der Waals surface area contributed by atoms with Gasteiger partial charge < -0.3 is 9.42 Å². The molecule has 2 heterocycles. The Morgan fingerprint density at radius 1 is 1.16 bits per heavy atom. The van der Waals surface area contributed by atoms with Crippen LogP contribution in [0.5, 0.6) is 0 Å². The van der Waals surface area contributed by atoms with Crippen molar-refractivity contribution in [2.24, 2.45) is 0 Å². The Hall–Kier alpha value is -2.21. The molecule has 4 rings (SSSR count). The summed E-state index contributed by atoms with van der Waals surface area (Å²) in [6.07, 6.45) is 3.97. The van der Waals surface area contributed by atoms with Crippen molar-refractivity contribution in [1.82, 2.24) is 15.0 Å². The molecule has 0 N–H and O–H groups in total. The summed E-state index contributed by atoms with van der Waals surface area (Å²) < 4.78 is 18.7. The number of benzene rings is 1. The van der Waals surface area contributed by atoms with Crippen molar-refractivity contribution in [3.63, 3.8) is 0 Å². The molecule has 1 amide bonds. The van der Waals surface area contributed by atoms with Gasteiger partial charge in [-0.05, 0) is 37.0 Å². The van der Waals surface area contributed by atoms with Crippen LogP contribution in [0.25, 0.3) is 0 Å². The lowest BCUT2D eigenvalue weighted by Gasteiger charge is -2.34. The average Bonchev–Trinajstić information content (AvgIpc) is 3.06. The fraction of sp³-hybridized carbons (Fsp3) is 0.474. The van der Waals surface area contributed by atoms with Gasteiger partial charge in [-0.15, -0.1) is 0 Å². The minimum Gasteiger partial charge on any atom is -0.360 e. The van der Waals surface area contributed by atoms with Crippen LogP contribution < -0.4 is 0 Å². The van der Waals surface area contributed by atoms with Crippen molar-refractivity contribution in [2.45, 2.75) is 32.2 Å². The summed E-state index contributed by atoms with van der Waals surface area (Å²) in [5, 5.41) is 4.05. The Balaban J connectivity index is 1.37. The van der Waals surface area contributed by atoms with Crippen LogP contribution in [0.15, 0.2) is 28.8 Å². The molecule has 2 aliphatic rings. The highest BCUT2D eigenvalue weighted by Gasteiger charge is 2.29. The Morgan fingerprint density at radius 3 is 2.76 bits per heavy atom. The van der Waals surface area contributed by atoms with E-state index in [0.29, 0.717) is 25.3 Å². The fourth-order valence-corrected chi connectivity index (χ4v) is 3.71. The number of aryl methyl sites for hydroxylation is 1. The second-order valence-corrected chi connectivity index (χ2v) is 6.84. The number of carbonyl (C=O) groups excluding carboxylic acids is 1. The maximum Gasteiger partial charge on any atom is 0.276 e. The number of halogens is 1. The molecule has 0 atom stereocenters. The van der Waals surface area contributed by atoms with Crippen LogP contribution in [0.4, 0.5) is 4.39 Å². The zero-order valence-electron chi connectivity index (χ0n) is 14.2. The topological polar surface area (TPSA) is 49.6 Å². The van der Waals surface area contributed by atoms with Crippen molar-refractivity contribution < 1.29 is 13.7 Å². The van der Waals surface area contributed by atoms with Crippen LogP contribution in [0, 0.1) is 5.82 Å². The first-order chi connectivity index (χ1) is 12.2. The van der Waals surface area contributed by atoms with E-state index in [1.54, 1.807) is 12.1 Å². The Kier molecular flexibility index (Phi) is 4.53. The highest BCUT2D eigenvalue weighted by Crippen LogP contribution is 2.25. The van der Waals surface area contributed by atoms with Crippen LogP contribution in [0.3, 0.4) is 0 Å². The van der Waals surface area contributed by atoms with Gasteiger partial charge in [-0.1, -0.05) is 17.3 Å². The lowest BCUT2D eigenvalue weighted by molar-refractivity contribution is 0.0617. The quantitative estimate of drug-likeness (QED) is 0.860. The first kappa shape index (κ1) is 16.3. The number of rotatable bonds is 3. The predicted molar refractivity (Wildman–Crippen MR) is 90.7 cm³/mol. The molecule has 132 valence electrons. The zero-order valence-corrected chi connectivity index (χ0v) is 14.2. The van der Waals surface area contributed by atoms with E-state index in [2.05, 4.69) is 10.1 Å². The lowest BCUT2D eigenvalue weighted by atomic mass is 9.96. The van der Waals surface area contributed by atoms with Crippen molar-refractivity contribution in [3.8, 4) is 0 Å². The van der Waals surface area contributed by atoms with Crippen molar-refractivity contribution in [3.05, 3.63) is 52.7 Å². The second kappa shape index (κ2) is 6.96. The van der Waals surface area contributed by atoms with Crippen LogP contribution in [0.1, 0.15) is 40.2 Å². The molecule has 1 aromatic heterocycles. The number of amides is 1. The van der Waals surface area contributed by atoms with Crippen molar-refractivity contribution in [1.29, 1.82) is 0 Å². The van der Waals surface area contributed by atoms with E-state index >= 15 is 0 Å². The molecular formula is C19H22FN3O2. The summed E-state index contributed by atoms with van der Waals surface area (Å²) in [5.74, 6) is 0.666. The molecule has 0 saturated carbocycles. The highest BCUT2D eigenvalue weighted by atomic mass is 19.1. The van der Waals surface area contributed by atoms with Gasteiger partial charge >= 0.3 is 0 Å². The van der Waals surface area contributed by atoms with Crippen LogP contribution in [-0.4, -0.2) is 47.0 Å². The molecule has 1 aliphatic carbocycles. The number of hydrogen-bond donors (Lipinski definition) is 0. The van der Waals surface area contributed by atoms with E-state index in [4.69, 9.17) is 4.52 Å². The molecule has 0 radical (unpaired) electrons. The molecule has 1 aliphatic heterocycles. The van der Waals surface area contributed by atoms with Crippen LogP contribution in [-0.2, 0) is 19.4 Å². The molecule has 0 unspecified atom stereocenters. The lowest BCUT2D eigenvalue weighted by Crippen LogP contribution is -2.48. The largest absolute Gasteiger partial charge is 0.360 e. The van der Waals surface area contributed by atoms with Gasteiger partial charge in [0.05, 0.1) is 0 Å². The van der Waals surface area contributed by atoms with Gasteiger partial charge in [0.2, 0.25) is 0 Å². The maximum atomic E-state index is 13.3. The maximum absolute atomic E-state index is 13.3. The van der Waals surface area contributed by atoms with E-state index < -0.39 is 0 Å². The number of fused-ring (bicyclic) bond motifs is 1. The number of piperazine rings is 1. The third-order valence-electron chi connectivity index (χ3n) is 5.11. The van der Waals surface area contributed by atoms with Gasteiger partial charge in [0.15, 0.2) is 5.69 Å². The van der Waals surface area contributed by atoms with Gasteiger partial charge in [-0.25, -0.2) is 4.39 Å². The molecule has 6 heteroatoms. The minimum atomic E-state index is -0.206. The Morgan fingerprint density at radius 2 is 1.96 bits per heavy atom. The number of aromatic nitrogens is 1. The molecule has 5 nitrogen and oxygen atoms in total. The molecular weight excluding hydrogens is 321 g/mol. The minimum absolute atomic E-state index is 0.0164. The average molecular weight is 343 g/mol. The zero-order chi connectivity index (χ0) is 17.2. The normalized spacial score (nSPS) is 18.2. The molecule has 0 bridgehead atoms. The van der Waals surface area contributed by atoms with Crippen molar-refractivity contribution in [2.75, 3.05) is 26.2 Å². The molecule has 1 aromatic carbocycles. The molecule has 1 saturated heterocycles. The van der Waals surface area contributed by atoms with Gasteiger partial charge in [-0.2, -0.15) is 0 Å². The van der Waals surface area contributed by atoms with E-state index in [1.165, 1.54) is 6.07 Å². The SMILES string of the molecule is O=C(c1noc2c1CCCC2)N1CCN(Cc2cccc(F)c2)CC1. The Bertz CT molecular complexity index is 766. The van der Waals surface area contributed by atoms with Gasteiger partial charge in [-0.3, -0.25) is 9.69 Å². The summed E-state index contributed by atoms with van der Waals surface area (Å²) in [4.78, 5) is 16.9. The Labute approximate surface area is 146 Å². The summed E-state index contributed by atoms with van der Waals surface area (Å²) >= 11 is 0. The number of hydrogen-bond acceptors (Lipinski definition) is 4. The summed E-state index contributed by atoms with van der Waals surface area (Å²) in [6, 6.07) is 6.69. The van der Waals surface area contributed by atoms with Crippen LogP contribution >= 0.6 is 0 Å². The first-order valence-electron chi connectivity index (χ1n) is 8.94. The van der Waals surface area contributed by atoms with Gasteiger partial charge in [0.25, 0.3) is 5.91 Å². The monoisotopic (exact) mass is 343 g/mol. The summed E-state index contributed by atoms with van der Waals surface area (Å²) in [7, 11) is 0. The summed E-state index contributed by atoms with van der Waals surface area (Å²) in [5.41, 5.74) is 2.48. The molecule has 2 aromatic rings. The van der Waals surface area contributed by atoms with E-state index in [1.807, 2.05) is 11.0 Å². The first-order valence-corrected chi connectivity index (χ1v) is 8.94. The van der Waals surface area contributed by atoms with Gasteiger partial charge in [0, 0.05) is 44.7 Å². The van der Waals surface area contributed by atoms with E-state index in [-0.39, 0.29) is 11.7 Å². The third kappa shape index (κ3) is 3.44. The van der Waals surface area contributed by atoms with E-state index in [0.717, 1.165) is 55.7 Å². The number of carbonyl (C=O) groups is 1. The summed E-state index contributed by atoms with van der Waals surface area (Å²) in [6.45, 7) is 3.59. The van der Waals surface area contributed by atoms with Crippen LogP contribution in [0.2, 0.25) is 0 Å². The number of nitrogens with zero attached hydrogens (tertiary/aromatic N) is 3. The second-order valence-electron chi connectivity index (χ2n) is 6.84. The third-order valence-corrected chi connectivity index (χ3v) is 5.11. The fourth-order valence-electron chi connectivity index (χ4n) is 3.71. The molecule has 1 fully saturated rings. The van der Waals surface area contributed by atoms with E-state index in [9.17, 15) is 9.18 Å². The van der Waals surface area contributed by atoms with Crippen molar-refractivity contribution >= 4 is 5.91 Å². The molecule has 25 heavy (non-hydrogen) atoms. The smallest absolute Gasteiger partial charge is 0.276 e. The molecule has 0 spiro atoms.